The van der Waals surface area contributed by atoms with Crippen molar-refractivity contribution >= 4 is 22.4 Å². The van der Waals surface area contributed by atoms with Crippen molar-refractivity contribution in [1.82, 2.24) is 15.1 Å². The van der Waals surface area contributed by atoms with Crippen LogP contribution in [0.5, 0.6) is 0 Å². The van der Waals surface area contributed by atoms with Crippen LogP contribution in [-0.4, -0.2) is 47.2 Å². The maximum absolute atomic E-state index is 12.2. The topological polar surface area (TPSA) is 62.5 Å². The second kappa shape index (κ2) is 6.26. The maximum atomic E-state index is 12.2. The van der Waals surface area contributed by atoms with Crippen LogP contribution in [0.15, 0.2) is 22.8 Å². The number of aryl methyl sites for hydroxylation is 1. The van der Waals surface area contributed by atoms with E-state index in [0.29, 0.717) is 18.8 Å². The molecule has 2 aromatic heterocycles. The Morgan fingerprint density at radius 3 is 2.81 bits per heavy atom. The first-order valence-electron chi connectivity index (χ1n) is 7.18. The van der Waals surface area contributed by atoms with E-state index in [2.05, 4.69) is 22.0 Å². The van der Waals surface area contributed by atoms with Crippen molar-refractivity contribution in [3.8, 4) is 0 Å². The third-order valence-electron chi connectivity index (χ3n) is 3.49. The molecule has 2 aromatic rings. The number of carbonyl (C=O) groups excluding carboxylic acids is 1. The Kier molecular flexibility index (Phi) is 4.19. The number of amides is 1. The highest BCUT2D eigenvalue weighted by atomic mass is 32.1. The Morgan fingerprint density at radius 1 is 1.33 bits per heavy atom. The summed E-state index contributed by atoms with van der Waals surface area (Å²) in [7, 11) is 0. The van der Waals surface area contributed by atoms with Gasteiger partial charge in [-0.1, -0.05) is 18.3 Å². The van der Waals surface area contributed by atoms with Gasteiger partial charge in [-0.2, -0.15) is 0 Å². The van der Waals surface area contributed by atoms with Gasteiger partial charge < -0.3 is 14.2 Å². The molecule has 6 nitrogen and oxygen atoms in total. The van der Waals surface area contributed by atoms with Crippen molar-refractivity contribution in [3.05, 3.63) is 29.2 Å². The van der Waals surface area contributed by atoms with Crippen LogP contribution in [0.3, 0.4) is 0 Å². The van der Waals surface area contributed by atoms with E-state index < -0.39 is 0 Å². The number of furan rings is 1. The van der Waals surface area contributed by atoms with Crippen LogP contribution in [0.4, 0.5) is 5.13 Å². The molecule has 21 heavy (non-hydrogen) atoms. The summed E-state index contributed by atoms with van der Waals surface area (Å²) in [6.07, 6.45) is 3.59. The second-order valence-electron chi connectivity index (χ2n) is 4.98. The van der Waals surface area contributed by atoms with Gasteiger partial charge in [0, 0.05) is 32.6 Å². The predicted molar refractivity (Wildman–Crippen MR) is 80.7 cm³/mol. The Hall–Kier alpha value is -1.89. The number of anilines is 1. The molecule has 1 saturated heterocycles. The lowest BCUT2D eigenvalue weighted by atomic mass is 10.3. The number of aromatic nitrogens is 2. The van der Waals surface area contributed by atoms with E-state index in [9.17, 15) is 4.79 Å². The van der Waals surface area contributed by atoms with Gasteiger partial charge in [-0.15, -0.1) is 10.2 Å². The second-order valence-corrected chi connectivity index (χ2v) is 6.03. The summed E-state index contributed by atoms with van der Waals surface area (Å²) in [4.78, 5) is 16.2. The Balaban J connectivity index is 1.58. The molecule has 0 aromatic carbocycles. The fraction of sp³-hybridized carbons (Fsp3) is 0.500. The minimum atomic E-state index is -0.0383. The molecule has 3 rings (SSSR count). The van der Waals surface area contributed by atoms with E-state index in [-0.39, 0.29) is 5.91 Å². The van der Waals surface area contributed by atoms with Crippen LogP contribution in [0, 0.1) is 0 Å². The molecule has 1 amide bonds. The highest BCUT2D eigenvalue weighted by Crippen LogP contribution is 2.22. The van der Waals surface area contributed by atoms with Crippen LogP contribution >= 0.6 is 11.3 Å². The van der Waals surface area contributed by atoms with Crippen LogP contribution in [0.25, 0.3) is 0 Å². The third-order valence-corrected chi connectivity index (χ3v) is 4.53. The van der Waals surface area contributed by atoms with Crippen molar-refractivity contribution in [3.63, 3.8) is 0 Å². The van der Waals surface area contributed by atoms with Gasteiger partial charge in [0.2, 0.25) is 5.13 Å². The highest BCUT2D eigenvalue weighted by molar-refractivity contribution is 7.15. The third kappa shape index (κ3) is 3.07. The van der Waals surface area contributed by atoms with Gasteiger partial charge in [-0.3, -0.25) is 4.79 Å². The lowest BCUT2D eigenvalue weighted by Gasteiger charge is -2.33. The van der Waals surface area contributed by atoms with Crippen molar-refractivity contribution in [2.75, 3.05) is 31.1 Å². The summed E-state index contributed by atoms with van der Waals surface area (Å²) in [5.41, 5.74) is 0. The molecule has 3 heterocycles. The summed E-state index contributed by atoms with van der Waals surface area (Å²) < 4.78 is 5.17. The van der Waals surface area contributed by atoms with E-state index in [1.54, 1.807) is 23.5 Å². The van der Waals surface area contributed by atoms with Gasteiger partial charge in [-0.25, -0.2) is 0 Å². The number of hydrogen-bond acceptors (Lipinski definition) is 6. The standard InChI is InChI=1S/C14H18N4O2S/c1-2-4-12-15-16-14(21-12)18-8-6-17(7-9-18)13(19)11-5-3-10-20-11/h3,5,10H,2,4,6-9H2,1H3. The zero-order valence-electron chi connectivity index (χ0n) is 12.0. The fourth-order valence-electron chi connectivity index (χ4n) is 2.34. The van der Waals surface area contributed by atoms with E-state index in [1.165, 1.54) is 6.26 Å². The number of rotatable bonds is 4. The van der Waals surface area contributed by atoms with Gasteiger partial charge in [0.05, 0.1) is 6.26 Å². The average Bonchev–Trinajstić information content (AvgIpc) is 3.19. The molecule has 0 saturated carbocycles. The molecule has 7 heteroatoms. The Bertz CT molecular complexity index is 588. The summed E-state index contributed by atoms with van der Waals surface area (Å²) in [6, 6.07) is 3.44. The zero-order valence-corrected chi connectivity index (χ0v) is 12.8. The number of carbonyl (C=O) groups is 1. The summed E-state index contributed by atoms with van der Waals surface area (Å²) in [5.74, 6) is 0.369. The summed E-state index contributed by atoms with van der Waals surface area (Å²) in [6.45, 7) is 5.07. The molecule has 0 aliphatic carbocycles. The molecule has 112 valence electrons. The lowest BCUT2D eigenvalue weighted by molar-refractivity contribution is 0.0714. The first-order chi connectivity index (χ1) is 10.3. The first kappa shape index (κ1) is 14.1. The Morgan fingerprint density at radius 2 is 2.14 bits per heavy atom. The highest BCUT2D eigenvalue weighted by Gasteiger charge is 2.25. The molecule has 1 aliphatic heterocycles. The first-order valence-corrected chi connectivity index (χ1v) is 7.99. The smallest absolute Gasteiger partial charge is 0.289 e. The van der Waals surface area contributed by atoms with Crippen LogP contribution < -0.4 is 4.90 Å². The van der Waals surface area contributed by atoms with Gasteiger partial charge in [0.1, 0.15) is 5.01 Å². The lowest BCUT2D eigenvalue weighted by Crippen LogP contribution is -2.48. The molecule has 1 fully saturated rings. The molecule has 0 bridgehead atoms. The molecule has 1 aliphatic rings. The quantitative estimate of drug-likeness (QED) is 0.865. The van der Waals surface area contributed by atoms with Gasteiger partial charge >= 0.3 is 0 Å². The van der Waals surface area contributed by atoms with E-state index in [4.69, 9.17) is 4.42 Å². The molecule has 0 spiro atoms. The largest absolute Gasteiger partial charge is 0.459 e. The predicted octanol–water partition coefficient (Wildman–Crippen LogP) is 2.05. The normalized spacial score (nSPS) is 15.5. The van der Waals surface area contributed by atoms with Crippen molar-refractivity contribution in [2.24, 2.45) is 0 Å². The number of piperazine rings is 1. The zero-order chi connectivity index (χ0) is 14.7. The molecule has 0 unspecified atom stereocenters. The van der Waals surface area contributed by atoms with E-state index >= 15 is 0 Å². The average molecular weight is 306 g/mol. The SMILES string of the molecule is CCCc1nnc(N2CCN(C(=O)c3ccco3)CC2)s1. The molecular weight excluding hydrogens is 288 g/mol. The molecule has 0 atom stereocenters. The molecular formula is C14H18N4O2S. The maximum Gasteiger partial charge on any atom is 0.289 e. The van der Waals surface area contributed by atoms with Crippen molar-refractivity contribution in [1.29, 1.82) is 0 Å². The van der Waals surface area contributed by atoms with Crippen LogP contribution in [0.2, 0.25) is 0 Å². The summed E-state index contributed by atoms with van der Waals surface area (Å²) >= 11 is 1.65. The number of nitrogens with zero attached hydrogens (tertiary/aromatic N) is 4. The number of hydrogen-bond donors (Lipinski definition) is 0. The van der Waals surface area contributed by atoms with E-state index in [1.807, 2.05) is 4.90 Å². The van der Waals surface area contributed by atoms with Gasteiger partial charge in [0.25, 0.3) is 5.91 Å². The van der Waals surface area contributed by atoms with Crippen LogP contribution in [-0.2, 0) is 6.42 Å². The van der Waals surface area contributed by atoms with Crippen LogP contribution in [0.1, 0.15) is 28.9 Å². The van der Waals surface area contributed by atoms with Gasteiger partial charge in [0.15, 0.2) is 5.76 Å². The van der Waals surface area contributed by atoms with Crippen molar-refractivity contribution in [2.45, 2.75) is 19.8 Å². The Labute approximate surface area is 127 Å². The monoisotopic (exact) mass is 306 g/mol. The summed E-state index contributed by atoms with van der Waals surface area (Å²) in [5, 5.41) is 10.5. The minimum absolute atomic E-state index is 0.0383. The molecule has 0 radical (unpaired) electrons. The molecule has 0 N–H and O–H groups in total. The fourth-order valence-corrected chi connectivity index (χ4v) is 3.34. The van der Waals surface area contributed by atoms with Gasteiger partial charge in [-0.05, 0) is 18.6 Å². The van der Waals surface area contributed by atoms with E-state index in [0.717, 1.165) is 36.1 Å². The van der Waals surface area contributed by atoms with Crippen molar-refractivity contribution < 1.29 is 9.21 Å². The minimum Gasteiger partial charge on any atom is -0.459 e.